The number of nitrogens with one attached hydrogen (secondary N) is 1. The average molecular weight is 272 g/mol. The maximum absolute atomic E-state index is 13.1. The Kier molecular flexibility index (Phi) is 5.60. The van der Waals surface area contributed by atoms with Gasteiger partial charge in [0.25, 0.3) is 5.91 Å². The second-order valence-corrected chi connectivity index (χ2v) is 5.51. The Balaban J connectivity index is 2.58. The number of amides is 1. The van der Waals surface area contributed by atoms with Crippen LogP contribution in [0.4, 0.5) is 4.39 Å². The van der Waals surface area contributed by atoms with E-state index in [0.29, 0.717) is 18.0 Å². The second kappa shape index (κ2) is 6.74. The molecule has 0 radical (unpaired) electrons. The van der Waals surface area contributed by atoms with Crippen molar-refractivity contribution in [1.29, 1.82) is 0 Å². The van der Waals surface area contributed by atoms with Gasteiger partial charge in [0, 0.05) is 12.1 Å². The van der Waals surface area contributed by atoms with Gasteiger partial charge in [-0.15, -0.1) is 11.6 Å². The second-order valence-electron chi connectivity index (χ2n) is 4.90. The predicted octanol–water partition coefficient (Wildman–Crippen LogP) is 3.52. The van der Waals surface area contributed by atoms with Crippen LogP contribution in [-0.4, -0.2) is 17.8 Å². The van der Waals surface area contributed by atoms with Crippen LogP contribution in [0.25, 0.3) is 0 Å². The summed E-state index contributed by atoms with van der Waals surface area (Å²) in [4.78, 5) is 11.9. The van der Waals surface area contributed by atoms with Crippen LogP contribution >= 0.6 is 11.6 Å². The van der Waals surface area contributed by atoms with Crippen molar-refractivity contribution < 1.29 is 9.18 Å². The van der Waals surface area contributed by atoms with Crippen molar-refractivity contribution in [2.45, 2.75) is 32.6 Å². The number of halogens is 2. The van der Waals surface area contributed by atoms with E-state index in [2.05, 4.69) is 19.2 Å². The van der Waals surface area contributed by atoms with E-state index in [0.717, 1.165) is 12.0 Å². The number of rotatable bonds is 5. The van der Waals surface area contributed by atoms with E-state index in [1.54, 1.807) is 13.0 Å². The molecule has 0 aromatic heterocycles. The molecule has 1 atom stereocenters. The standard InChI is InChI=1S/C14H19ClFNO/c1-9(2)6-11(15)8-17-14(18)13-7-12(16)5-4-10(13)3/h4-5,7,9,11H,6,8H2,1-3H3,(H,17,18). The monoisotopic (exact) mass is 271 g/mol. The molecule has 0 aliphatic heterocycles. The van der Waals surface area contributed by atoms with Crippen LogP contribution in [0.5, 0.6) is 0 Å². The highest BCUT2D eigenvalue weighted by molar-refractivity contribution is 6.21. The minimum atomic E-state index is -0.407. The lowest BCUT2D eigenvalue weighted by Gasteiger charge is -2.13. The molecule has 1 amide bonds. The Morgan fingerprint density at radius 2 is 2.11 bits per heavy atom. The first-order chi connectivity index (χ1) is 8.40. The minimum absolute atomic E-state index is 0.0946. The zero-order valence-corrected chi connectivity index (χ0v) is 11.7. The van der Waals surface area contributed by atoms with Gasteiger partial charge in [-0.05, 0) is 37.0 Å². The van der Waals surface area contributed by atoms with Crippen LogP contribution in [0, 0.1) is 18.7 Å². The van der Waals surface area contributed by atoms with Gasteiger partial charge < -0.3 is 5.32 Å². The summed E-state index contributed by atoms with van der Waals surface area (Å²) < 4.78 is 13.1. The molecule has 1 unspecified atom stereocenters. The topological polar surface area (TPSA) is 29.1 Å². The van der Waals surface area contributed by atoms with Gasteiger partial charge in [-0.2, -0.15) is 0 Å². The molecule has 1 aromatic rings. The first-order valence-electron chi connectivity index (χ1n) is 6.08. The lowest BCUT2D eigenvalue weighted by molar-refractivity contribution is 0.0952. The molecule has 100 valence electrons. The molecule has 1 aromatic carbocycles. The largest absolute Gasteiger partial charge is 0.351 e. The molecule has 2 nitrogen and oxygen atoms in total. The van der Waals surface area contributed by atoms with Crippen LogP contribution in [0.3, 0.4) is 0 Å². The third kappa shape index (κ3) is 4.65. The summed E-state index contributed by atoms with van der Waals surface area (Å²) in [6.45, 7) is 6.33. The lowest BCUT2D eigenvalue weighted by atomic mass is 10.1. The number of alkyl halides is 1. The molecule has 0 aliphatic carbocycles. The molecular weight excluding hydrogens is 253 g/mol. The van der Waals surface area contributed by atoms with Crippen LogP contribution in [-0.2, 0) is 0 Å². The Morgan fingerprint density at radius 1 is 1.44 bits per heavy atom. The van der Waals surface area contributed by atoms with Gasteiger partial charge in [0.1, 0.15) is 5.82 Å². The highest BCUT2D eigenvalue weighted by Crippen LogP contribution is 2.12. The molecule has 0 bridgehead atoms. The lowest BCUT2D eigenvalue weighted by Crippen LogP contribution is -2.30. The fraction of sp³-hybridized carbons (Fsp3) is 0.500. The molecule has 4 heteroatoms. The highest BCUT2D eigenvalue weighted by atomic mass is 35.5. The Hall–Kier alpha value is -1.09. The summed E-state index contributed by atoms with van der Waals surface area (Å²) in [5.41, 5.74) is 1.12. The van der Waals surface area contributed by atoms with E-state index in [9.17, 15) is 9.18 Å². The van der Waals surface area contributed by atoms with Gasteiger partial charge in [0.05, 0.1) is 5.38 Å². The summed E-state index contributed by atoms with van der Waals surface area (Å²) in [5.74, 6) is -0.197. The number of hydrogen-bond donors (Lipinski definition) is 1. The molecular formula is C14H19ClFNO. The minimum Gasteiger partial charge on any atom is -0.351 e. The summed E-state index contributed by atoms with van der Waals surface area (Å²) in [6, 6.07) is 4.18. The van der Waals surface area contributed by atoms with E-state index in [1.165, 1.54) is 12.1 Å². The normalized spacial score (nSPS) is 12.6. The average Bonchev–Trinajstić information content (AvgIpc) is 2.28. The van der Waals surface area contributed by atoms with Gasteiger partial charge in [-0.3, -0.25) is 4.79 Å². The van der Waals surface area contributed by atoms with Crippen molar-refractivity contribution in [2.75, 3.05) is 6.54 Å². The zero-order chi connectivity index (χ0) is 13.7. The number of aryl methyl sites for hydroxylation is 1. The predicted molar refractivity (Wildman–Crippen MR) is 72.6 cm³/mol. The maximum atomic E-state index is 13.1. The first-order valence-corrected chi connectivity index (χ1v) is 6.52. The molecule has 0 spiro atoms. The summed E-state index contributed by atoms with van der Waals surface area (Å²) in [5, 5.41) is 2.64. The number of carbonyl (C=O) groups is 1. The van der Waals surface area contributed by atoms with Gasteiger partial charge in [0.2, 0.25) is 0 Å². The molecule has 1 N–H and O–H groups in total. The van der Waals surface area contributed by atoms with Gasteiger partial charge in [-0.25, -0.2) is 4.39 Å². The first kappa shape index (κ1) is 15.0. The zero-order valence-electron chi connectivity index (χ0n) is 11.0. The van der Waals surface area contributed by atoms with Crippen molar-refractivity contribution >= 4 is 17.5 Å². The SMILES string of the molecule is Cc1ccc(F)cc1C(=O)NCC(Cl)CC(C)C. The summed E-state index contributed by atoms with van der Waals surface area (Å²) >= 11 is 6.09. The van der Waals surface area contributed by atoms with E-state index >= 15 is 0 Å². The fourth-order valence-electron chi connectivity index (χ4n) is 1.73. The van der Waals surface area contributed by atoms with Crippen molar-refractivity contribution in [3.8, 4) is 0 Å². The van der Waals surface area contributed by atoms with Crippen molar-refractivity contribution in [2.24, 2.45) is 5.92 Å². The van der Waals surface area contributed by atoms with E-state index < -0.39 is 5.82 Å². The van der Waals surface area contributed by atoms with Gasteiger partial charge >= 0.3 is 0 Å². The molecule has 1 rings (SSSR count). The number of hydrogen-bond acceptors (Lipinski definition) is 1. The fourth-order valence-corrected chi connectivity index (χ4v) is 2.17. The van der Waals surface area contributed by atoms with Crippen LogP contribution < -0.4 is 5.32 Å². The molecule has 0 aliphatic rings. The van der Waals surface area contributed by atoms with E-state index in [4.69, 9.17) is 11.6 Å². The summed E-state index contributed by atoms with van der Waals surface area (Å²) in [6.07, 6.45) is 0.837. The molecule has 18 heavy (non-hydrogen) atoms. The Morgan fingerprint density at radius 3 is 2.72 bits per heavy atom. The van der Waals surface area contributed by atoms with Crippen molar-refractivity contribution in [3.05, 3.63) is 35.1 Å². The smallest absolute Gasteiger partial charge is 0.251 e. The third-order valence-electron chi connectivity index (χ3n) is 2.66. The van der Waals surface area contributed by atoms with Gasteiger partial charge in [0.15, 0.2) is 0 Å². The maximum Gasteiger partial charge on any atom is 0.251 e. The van der Waals surface area contributed by atoms with Gasteiger partial charge in [-0.1, -0.05) is 19.9 Å². The molecule has 0 heterocycles. The Labute approximate surface area is 113 Å². The highest BCUT2D eigenvalue weighted by Gasteiger charge is 2.13. The molecule has 0 fully saturated rings. The number of benzene rings is 1. The summed E-state index contributed by atoms with van der Waals surface area (Å²) in [7, 11) is 0. The van der Waals surface area contributed by atoms with E-state index in [1.807, 2.05) is 0 Å². The van der Waals surface area contributed by atoms with Crippen LogP contribution in [0.1, 0.15) is 36.2 Å². The number of carbonyl (C=O) groups excluding carboxylic acids is 1. The van der Waals surface area contributed by atoms with Crippen molar-refractivity contribution in [3.63, 3.8) is 0 Å². The van der Waals surface area contributed by atoms with E-state index in [-0.39, 0.29) is 11.3 Å². The molecule has 0 saturated carbocycles. The quantitative estimate of drug-likeness (QED) is 0.816. The third-order valence-corrected chi connectivity index (χ3v) is 2.99. The Bertz CT molecular complexity index is 420. The van der Waals surface area contributed by atoms with Crippen molar-refractivity contribution in [1.82, 2.24) is 5.32 Å². The van der Waals surface area contributed by atoms with Crippen LogP contribution in [0.2, 0.25) is 0 Å². The van der Waals surface area contributed by atoms with Crippen LogP contribution in [0.15, 0.2) is 18.2 Å². The molecule has 0 saturated heterocycles.